The second-order valence-corrected chi connectivity index (χ2v) is 4.28. The number of halogens is 3. The molecule has 6 heteroatoms. The number of hydrogen-bond donors (Lipinski definition) is 1. The van der Waals surface area contributed by atoms with Gasteiger partial charge in [0.25, 0.3) is 0 Å². The second kappa shape index (κ2) is 6.30. The van der Waals surface area contributed by atoms with Crippen LogP contribution in [0.15, 0.2) is 42.5 Å². The first-order valence-electron chi connectivity index (χ1n) is 6.06. The lowest BCUT2D eigenvalue weighted by Gasteiger charge is -2.18. The van der Waals surface area contributed by atoms with Crippen LogP contribution in [-0.2, 0) is 9.53 Å². The predicted molar refractivity (Wildman–Crippen MR) is 71.1 cm³/mol. The van der Waals surface area contributed by atoms with E-state index in [4.69, 9.17) is 0 Å². The Labute approximate surface area is 119 Å². The number of esters is 1. The topological polar surface area (TPSA) is 38.3 Å². The van der Waals surface area contributed by atoms with E-state index in [-0.39, 0.29) is 11.3 Å². The van der Waals surface area contributed by atoms with Crippen LogP contribution in [0.2, 0.25) is 0 Å². The Morgan fingerprint density at radius 2 is 1.71 bits per heavy atom. The van der Waals surface area contributed by atoms with E-state index in [0.717, 1.165) is 19.2 Å². The molecule has 2 aromatic rings. The molecule has 2 aromatic carbocycles. The highest BCUT2D eigenvalue weighted by molar-refractivity contribution is 5.81. The van der Waals surface area contributed by atoms with Gasteiger partial charge in [-0.05, 0) is 29.8 Å². The average molecular weight is 295 g/mol. The molecule has 0 heterocycles. The average Bonchev–Trinajstić information content (AvgIpc) is 2.44. The van der Waals surface area contributed by atoms with Gasteiger partial charge in [-0.25, -0.2) is 18.0 Å². The van der Waals surface area contributed by atoms with Crippen LogP contribution in [0, 0.1) is 17.5 Å². The molecule has 0 aromatic heterocycles. The molecular weight excluding hydrogens is 283 g/mol. The van der Waals surface area contributed by atoms with Gasteiger partial charge in [0, 0.05) is 6.07 Å². The Morgan fingerprint density at radius 3 is 2.29 bits per heavy atom. The third-order valence-electron chi connectivity index (χ3n) is 2.83. The zero-order valence-corrected chi connectivity index (χ0v) is 11.1. The predicted octanol–water partition coefficient (Wildman–Crippen LogP) is 3.43. The largest absolute Gasteiger partial charge is 0.467 e. The van der Waals surface area contributed by atoms with E-state index >= 15 is 0 Å². The number of carbonyl (C=O) groups excluding carboxylic acids is 1. The zero-order valence-electron chi connectivity index (χ0n) is 11.1. The van der Waals surface area contributed by atoms with Crippen molar-refractivity contribution in [2.75, 3.05) is 12.4 Å². The molecule has 0 amide bonds. The van der Waals surface area contributed by atoms with Gasteiger partial charge < -0.3 is 10.1 Å². The SMILES string of the molecule is COC(=O)C(Nc1ccccc1F)c1cc(F)cc(F)c1. The summed E-state index contributed by atoms with van der Waals surface area (Å²) in [5, 5.41) is 2.59. The highest BCUT2D eigenvalue weighted by Gasteiger charge is 2.23. The number of benzene rings is 2. The van der Waals surface area contributed by atoms with Gasteiger partial charge in [-0.1, -0.05) is 12.1 Å². The molecule has 0 aliphatic heterocycles. The van der Waals surface area contributed by atoms with Gasteiger partial charge >= 0.3 is 5.97 Å². The number of para-hydroxylation sites is 1. The first-order valence-corrected chi connectivity index (χ1v) is 6.06. The fourth-order valence-electron chi connectivity index (χ4n) is 1.87. The van der Waals surface area contributed by atoms with Crippen LogP contribution < -0.4 is 5.32 Å². The summed E-state index contributed by atoms with van der Waals surface area (Å²) in [7, 11) is 1.13. The summed E-state index contributed by atoms with van der Waals surface area (Å²) in [6, 6.07) is 7.07. The Balaban J connectivity index is 2.39. The van der Waals surface area contributed by atoms with Crippen LogP contribution >= 0.6 is 0 Å². The van der Waals surface area contributed by atoms with Gasteiger partial charge in [0.1, 0.15) is 17.5 Å². The first kappa shape index (κ1) is 14.9. The molecule has 0 aliphatic carbocycles. The molecule has 1 atom stereocenters. The summed E-state index contributed by atoms with van der Waals surface area (Å²) in [5.41, 5.74) is 0.0279. The van der Waals surface area contributed by atoms with E-state index in [9.17, 15) is 18.0 Å². The number of nitrogens with one attached hydrogen (secondary N) is 1. The van der Waals surface area contributed by atoms with E-state index in [1.165, 1.54) is 18.2 Å². The van der Waals surface area contributed by atoms with Crippen molar-refractivity contribution in [2.45, 2.75) is 6.04 Å². The van der Waals surface area contributed by atoms with Gasteiger partial charge in [-0.2, -0.15) is 0 Å². The molecule has 1 unspecified atom stereocenters. The lowest BCUT2D eigenvalue weighted by atomic mass is 10.1. The van der Waals surface area contributed by atoms with Gasteiger partial charge in [0.05, 0.1) is 12.8 Å². The first-order chi connectivity index (χ1) is 10.0. The van der Waals surface area contributed by atoms with Crippen LogP contribution in [0.1, 0.15) is 11.6 Å². The molecule has 3 nitrogen and oxygen atoms in total. The number of methoxy groups -OCH3 is 1. The van der Waals surface area contributed by atoms with Crippen molar-refractivity contribution in [3.8, 4) is 0 Å². The van der Waals surface area contributed by atoms with Crippen molar-refractivity contribution in [3.05, 3.63) is 65.5 Å². The Kier molecular flexibility index (Phi) is 4.47. The zero-order chi connectivity index (χ0) is 15.4. The molecule has 0 radical (unpaired) electrons. The molecule has 0 fully saturated rings. The lowest BCUT2D eigenvalue weighted by Crippen LogP contribution is -2.23. The summed E-state index contributed by atoms with van der Waals surface area (Å²) in [6.07, 6.45) is 0. The van der Waals surface area contributed by atoms with Crippen molar-refractivity contribution in [3.63, 3.8) is 0 Å². The fourth-order valence-corrected chi connectivity index (χ4v) is 1.87. The molecule has 2 rings (SSSR count). The van der Waals surface area contributed by atoms with Crippen molar-refractivity contribution in [2.24, 2.45) is 0 Å². The lowest BCUT2D eigenvalue weighted by molar-refractivity contribution is -0.141. The molecular formula is C15H12F3NO2. The molecule has 0 spiro atoms. The Bertz CT molecular complexity index is 641. The van der Waals surface area contributed by atoms with Crippen LogP contribution in [-0.4, -0.2) is 13.1 Å². The highest BCUT2D eigenvalue weighted by Crippen LogP contribution is 2.24. The van der Waals surface area contributed by atoms with Crippen molar-refractivity contribution >= 4 is 11.7 Å². The second-order valence-electron chi connectivity index (χ2n) is 4.28. The highest BCUT2D eigenvalue weighted by atomic mass is 19.1. The van der Waals surface area contributed by atoms with E-state index in [2.05, 4.69) is 10.1 Å². The normalized spacial score (nSPS) is 11.8. The number of anilines is 1. The number of hydrogen-bond acceptors (Lipinski definition) is 3. The van der Waals surface area contributed by atoms with Crippen molar-refractivity contribution < 1.29 is 22.7 Å². The minimum Gasteiger partial charge on any atom is -0.467 e. The molecule has 21 heavy (non-hydrogen) atoms. The summed E-state index contributed by atoms with van der Waals surface area (Å²) in [6.45, 7) is 0. The van der Waals surface area contributed by atoms with Gasteiger partial charge in [-0.15, -0.1) is 0 Å². The number of rotatable bonds is 4. The monoisotopic (exact) mass is 295 g/mol. The fraction of sp³-hybridized carbons (Fsp3) is 0.133. The molecule has 0 bridgehead atoms. The maximum absolute atomic E-state index is 13.6. The summed E-state index contributed by atoms with van der Waals surface area (Å²) in [5.74, 6) is -3.06. The third-order valence-corrected chi connectivity index (χ3v) is 2.83. The van der Waals surface area contributed by atoms with Gasteiger partial charge in [0.2, 0.25) is 0 Å². The van der Waals surface area contributed by atoms with Crippen LogP contribution in [0.4, 0.5) is 18.9 Å². The van der Waals surface area contributed by atoms with Crippen molar-refractivity contribution in [1.82, 2.24) is 0 Å². The molecule has 110 valence electrons. The summed E-state index contributed by atoms with van der Waals surface area (Å²) >= 11 is 0. The maximum atomic E-state index is 13.6. The van der Waals surface area contributed by atoms with Gasteiger partial charge in [0.15, 0.2) is 6.04 Å². The third kappa shape index (κ3) is 3.53. The Morgan fingerprint density at radius 1 is 1.10 bits per heavy atom. The summed E-state index contributed by atoms with van der Waals surface area (Å²) in [4.78, 5) is 11.8. The minimum atomic E-state index is -1.22. The molecule has 0 saturated heterocycles. The molecule has 0 saturated carbocycles. The van der Waals surface area contributed by atoms with E-state index in [0.29, 0.717) is 6.07 Å². The molecule has 1 N–H and O–H groups in total. The molecule has 0 aliphatic rings. The Hall–Kier alpha value is -2.50. The van der Waals surface area contributed by atoms with E-state index in [1.54, 1.807) is 6.07 Å². The van der Waals surface area contributed by atoms with Crippen molar-refractivity contribution in [1.29, 1.82) is 0 Å². The van der Waals surface area contributed by atoms with E-state index < -0.39 is 29.5 Å². The van der Waals surface area contributed by atoms with Crippen LogP contribution in [0.5, 0.6) is 0 Å². The minimum absolute atomic E-state index is 0.00241. The number of ether oxygens (including phenoxy) is 1. The maximum Gasteiger partial charge on any atom is 0.332 e. The number of carbonyl (C=O) groups is 1. The standard InChI is InChI=1S/C15H12F3NO2/c1-21-15(20)14(9-6-10(16)8-11(17)7-9)19-13-5-3-2-4-12(13)18/h2-8,14,19H,1H3. The van der Waals surface area contributed by atoms with E-state index in [1.807, 2.05) is 0 Å². The summed E-state index contributed by atoms with van der Waals surface area (Å²) < 4.78 is 44.8. The van der Waals surface area contributed by atoms with Crippen LogP contribution in [0.3, 0.4) is 0 Å². The van der Waals surface area contributed by atoms with Crippen LogP contribution in [0.25, 0.3) is 0 Å². The quantitative estimate of drug-likeness (QED) is 0.878. The van der Waals surface area contributed by atoms with Gasteiger partial charge in [-0.3, -0.25) is 0 Å². The smallest absolute Gasteiger partial charge is 0.332 e.